The number of unbranched alkanes of at least 4 members (excludes halogenated alkanes) is 12. The zero-order chi connectivity index (χ0) is 28.8. The molecule has 0 fully saturated rings. The lowest BCUT2D eigenvalue weighted by Crippen LogP contribution is -2.37. The van der Waals surface area contributed by atoms with Crippen molar-refractivity contribution >= 4 is 0 Å². The number of rotatable bonds is 25. The van der Waals surface area contributed by atoms with E-state index in [2.05, 4.69) is 88.4 Å². The minimum absolute atomic E-state index is 0.407. The third kappa shape index (κ3) is 12.1. The number of benzene rings is 2. The van der Waals surface area contributed by atoms with Gasteiger partial charge in [-0.15, -0.1) is 0 Å². The first-order chi connectivity index (χ1) is 19.7. The molecule has 0 amide bonds. The predicted molar refractivity (Wildman–Crippen MR) is 173 cm³/mol. The molecule has 40 heavy (non-hydrogen) atoms. The third-order valence-electron chi connectivity index (χ3n) is 8.70. The molecule has 0 unspecified atom stereocenters. The fourth-order valence-electron chi connectivity index (χ4n) is 6.08. The van der Waals surface area contributed by atoms with Crippen LogP contribution in [0.25, 0.3) is 0 Å². The molecule has 2 aromatic rings. The summed E-state index contributed by atoms with van der Waals surface area (Å²) < 4.78 is 0. The zero-order valence-electron chi connectivity index (χ0n) is 26.7. The molecule has 0 aliphatic heterocycles. The van der Waals surface area contributed by atoms with E-state index in [1.165, 1.54) is 114 Å². The van der Waals surface area contributed by atoms with Crippen molar-refractivity contribution in [2.45, 2.75) is 167 Å². The lowest BCUT2D eigenvalue weighted by Gasteiger charge is -2.40. The maximum absolute atomic E-state index is 7.01. The van der Waals surface area contributed by atoms with Crippen LogP contribution in [0, 0.1) is 0 Å². The number of hydrogen-bond donors (Lipinski definition) is 0. The van der Waals surface area contributed by atoms with E-state index >= 15 is 0 Å². The van der Waals surface area contributed by atoms with E-state index in [4.69, 9.17) is 9.78 Å². The van der Waals surface area contributed by atoms with Crippen LogP contribution in [-0.4, -0.2) is 0 Å². The first-order valence-electron chi connectivity index (χ1n) is 17.1. The van der Waals surface area contributed by atoms with Gasteiger partial charge in [-0.1, -0.05) is 191 Å². The van der Waals surface area contributed by atoms with Crippen LogP contribution >= 0.6 is 0 Å². The molecule has 0 bridgehead atoms. The van der Waals surface area contributed by atoms with E-state index < -0.39 is 11.2 Å². The minimum Gasteiger partial charge on any atom is -0.224 e. The van der Waals surface area contributed by atoms with Gasteiger partial charge in [-0.2, -0.15) is 0 Å². The SMILES string of the molecule is CCCCCCC(CCCCCC)(OOC(CCCCCC)(CCCCCC)c1ccccc1)c1ccccc1. The summed E-state index contributed by atoms with van der Waals surface area (Å²) in [7, 11) is 0. The Labute approximate surface area is 248 Å². The molecule has 226 valence electrons. The summed E-state index contributed by atoms with van der Waals surface area (Å²) in [6.07, 6.45) is 23.9. The van der Waals surface area contributed by atoms with Crippen LogP contribution in [0.3, 0.4) is 0 Å². The normalized spacial score (nSPS) is 12.2. The molecule has 0 spiro atoms. The van der Waals surface area contributed by atoms with Gasteiger partial charge in [-0.25, -0.2) is 9.78 Å². The maximum atomic E-state index is 7.01. The van der Waals surface area contributed by atoms with Crippen LogP contribution < -0.4 is 0 Å². The predicted octanol–water partition coefficient (Wildman–Crippen LogP) is 12.6. The summed E-state index contributed by atoms with van der Waals surface area (Å²) >= 11 is 0. The Bertz CT molecular complexity index is 736. The molecular formula is C38H62O2. The fourth-order valence-corrected chi connectivity index (χ4v) is 6.08. The molecule has 0 saturated heterocycles. The maximum Gasteiger partial charge on any atom is 0.128 e. The lowest BCUT2D eigenvalue weighted by atomic mass is 9.82. The van der Waals surface area contributed by atoms with Crippen LogP contribution in [0.1, 0.15) is 167 Å². The van der Waals surface area contributed by atoms with Gasteiger partial charge in [0.05, 0.1) is 0 Å². The van der Waals surface area contributed by atoms with Crippen molar-refractivity contribution in [2.24, 2.45) is 0 Å². The first-order valence-corrected chi connectivity index (χ1v) is 17.1. The molecule has 0 radical (unpaired) electrons. The summed E-state index contributed by atoms with van der Waals surface area (Å²) in [6.45, 7) is 9.17. The van der Waals surface area contributed by atoms with Gasteiger partial charge in [0.15, 0.2) is 0 Å². The van der Waals surface area contributed by atoms with E-state index in [1.807, 2.05) is 0 Å². The summed E-state index contributed by atoms with van der Waals surface area (Å²) in [5, 5.41) is 0. The Balaban J connectivity index is 2.44. The zero-order valence-corrected chi connectivity index (χ0v) is 26.7. The average Bonchev–Trinajstić information content (AvgIpc) is 3.00. The summed E-state index contributed by atoms with van der Waals surface area (Å²) in [5.74, 6) is 0. The van der Waals surface area contributed by atoms with Gasteiger partial charge in [-0.3, -0.25) is 0 Å². The molecule has 2 rings (SSSR count). The monoisotopic (exact) mass is 550 g/mol. The third-order valence-corrected chi connectivity index (χ3v) is 8.70. The standard InChI is InChI=1S/C38H62O2/c1-5-9-13-23-31-37(32-24-14-10-6-2,35-27-19-17-20-28-35)39-40-38(33-25-15-11-7-3,34-26-16-12-8-4)36-29-21-18-22-30-36/h17-22,27-30H,5-16,23-26,31-34H2,1-4H3. The Morgan fingerprint density at radius 3 is 0.900 bits per heavy atom. The molecule has 0 saturated carbocycles. The highest BCUT2D eigenvalue weighted by molar-refractivity contribution is 5.24. The van der Waals surface area contributed by atoms with Crippen molar-refractivity contribution in [2.75, 3.05) is 0 Å². The molecule has 0 heterocycles. The molecule has 0 N–H and O–H groups in total. The molecular weight excluding hydrogens is 488 g/mol. The van der Waals surface area contributed by atoms with Crippen molar-refractivity contribution < 1.29 is 9.78 Å². The molecule has 0 aliphatic carbocycles. The van der Waals surface area contributed by atoms with E-state index in [9.17, 15) is 0 Å². The smallest absolute Gasteiger partial charge is 0.128 e. The number of hydrogen-bond acceptors (Lipinski definition) is 2. The van der Waals surface area contributed by atoms with Gasteiger partial charge in [0.2, 0.25) is 0 Å². The Morgan fingerprint density at radius 1 is 0.375 bits per heavy atom. The Kier molecular flexibility index (Phi) is 18.2. The highest BCUT2D eigenvalue weighted by Gasteiger charge is 2.40. The molecule has 2 heteroatoms. The van der Waals surface area contributed by atoms with E-state index in [-0.39, 0.29) is 0 Å². The molecule has 0 aliphatic rings. The van der Waals surface area contributed by atoms with Gasteiger partial charge < -0.3 is 0 Å². The lowest BCUT2D eigenvalue weighted by molar-refractivity contribution is -0.430. The molecule has 2 aromatic carbocycles. The van der Waals surface area contributed by atoms with E-state index in [0.29, 0.717) is 0 Å². The second-order valence-corrected chi connectivity index (χ2v) is 12.1. The quantitative estimate of drug-likeness (QED) is 0.0695. The van der Waals surface area contributed by atoms with Crippen LogP contribution in [0.15, 0.2) is 60.7 Å². The highest BCUT2D eigenvalue weighted by Crippen LogP contribution is 2.43. The van der Waals surface area contributed by atoms with Crippen molar-refractivity contribution in [3.05, 3.63) is 71.8 Å². The van der Waals surface area contributed by atoms with Crippen molar-refractivity contribution in [1.82, 2.24) is 0 Å². The molecule has 0 atom stereocenters. The average molecular weight is 551 g/mol. The molecule has 0 aromatic heterocycles. The Hall–Kier alpha value is -1.64. The second kappa shape index (κ2) is 21.1. The van der Waals surface area contributed by atoms with Gasteiger partial charge in [0, 0.05) is 0 Å². The van der Waals surface area contributed by atoms with Crippen LogP contribution in [0.4, 0.5) is 0 Å². The Morgan fingerprint density at radius 2 is 0.650 bits per heavy atom. The topological polar surface area (TPSA) is 18.5 Å². The van der Waals surface area contributed by atoms with Crippen molar-refractivity contribution in [3.8, 4) is 0 Å². The van der Waals surface area contributed by atoms with Crippen LogP contribution in [0.5, 0.6) is 0 Å². The van der Waals surface area contributed by atoms with Crippen LogP contribution in [-0.2, 0) is 21.0 Å². The van der Waals surface area contributed by atoms with Crippen molar-refractivity contribution in [3.63, 3.8) is 0 Å². The highest BCUT2D eigenvalue weighted by atomic mass is 17.2. The molecule has 2 nitrogen and oxygen atoms in total. The van der Waals surface area contributed by atoms with Crippen molar-refractivity contribution in [1.29, 1.82) is 0 Å². The van der Waals surface area contributed by atoms with Gasteiger partial charge in [-0.05, 0) is 36.8 Å². The largest absolute Gasteiger partial charge is 0.224 e. The van der Waals surface area contributed by atoms with E-state index in [0.717, 1.165) is 25.7 Å². The van der Waals surface area contributed by atoms with Gasteiger partial charge in [0.1, 0.15) is 11.2 Å². The first kappa shape index (κ1) is 34.6. The minimum atomic E-state index is -0.407. The summed E-state index contributed by atoms with van der Waals surface area (Å²) in [4.78, 5) is 14.0. The van der Waals surface area contributed by atoms with E-state index in [1.54, 1.807) is 0 Å². The van der Waals surface area contributed by atoms with Crippen LogP contribution in [0.2, 0.25) is 0 Å². The van der Waals surface area contributed by atoms with Gasteiger partial charge >= 0.3 is 0 Å². The fraction of sp³-hybridized carbons (Fsp3) is 0.684. The summed E-state index contributed by atoms with van der Waals surface area (Å²) in [5.41, 5.74) is 1.74. The van der Waals surface area contributed by atoms with Gasteiger partial charge in [0.25, 0.3) is 0 Å². The second-order valence-electron chi connectivity index (χ2n) is 12.1. The summed E-state index contributed by atoms with van der Waals surface area (Å²) in [6, 6.07) is 22.0.